The van der Waals surface area contributed by atoms with Gasteiger partial charge in [-0.2, -0.15) is 0 Å². The molecular weight excluding hydrogens is 268 g/mol. The smallest absolute Gasteiger partial charge is 0.255 e. The molecule has 1 amide bonds. The van der Waals surface area contributed by atoms with Gasteiger partial charge in [0.25, 0.3) is 5.91 Å². The average molecular weight is 282 g/mol. The molecule has 106 valence electrons. The predicted octanol–water partition coefficient (Wildman–Crippen LogP) is 1.28. The van der Waals surface area contributed by atoms with Crippen molar-refractivity contribution in [1.29, 1.82) is 0 Å². The lowest BCUT2D eigenvalue weighted by Crippen LogP contribution is -2.15. The van der Waals surface area contributed by atoms with Crippen LogP contribution < -0.4 is 10.9 Å². The van der Waals surface area contributed by atoms with Crippen LogP contribution in [-0.2, 0) is 0 Å². The van der Waals surface area contributed by atoms with Gasteiger partial charge in [-0.15, -0.1) is 0 Å². The van der Waals surface area contributed by atoms with Crippen LogP contribution in [0.4, 0.5) is 5.69 Å². The largest absolute Gasteiger partial charge is 0.384 e. The molecule has 5 nitrogen and oxygen atoms in total. The fourth-order valence-electron chi connectivity index (χ4n) is 1.76. The van der Waals surface area contributed by atoms with Crippen molar-refractivity contribution in [2.45, 2.75) is 6.92 Å². The SMILES string of the molecule is Cc1ccc(NC(=O)c2cc[nH]c(=O)c2)cc1C#CCO. The van der Waals surface area contributed by atoms with E-state index in [0.717, 1.165) is 11.1 Å². The minimum absolute atomic E-state index is 0.219. The van der Waals surface area contributed by atoms with E-state index in [1.54, 1.807) is 12.1 Å². The summed E-state index contributed by atoms with van der Waals surface area (Å²) in [4.78, 5) is 25.7. The number of amides is 1. The number of anilines is 1. The first kappa shape index (κ1) is 14.6. The summed E-state index contributed by atoms with van der Waals surface area (Å²) in [6.45, 7) is 1.67. The second-order valence-electron chi connectivity index (χ2n) is 4.39. The molecule has 0 bridgehead atoms. The van der Waals surface area contributed by atoms with E-state index < -0.39 is 0 Å². The highest BCUT2D eigenvalue weighted by Gasteiger charge is 2.07. The van der Waals surface area contributed by atoms with Crippen molar-refractivity contribution >= 4 is 11.6 Å². The minimum Gasteiger partial charge on any atom is -0.384 e. The number of hydrogen-bond donors (Lipinski definition) is 3. The molecule has 0 atom stereocenters. The Morgan fingerprint density at radius 1 is 1.33 bits per heavy atom. The van der Waals surface area contributed by atoms with Crippen LogP contribution >= 0.6 is 0 Å². The highest BCUT2D eigenvalue weighted by molar-refractivity contribution is 6.04. The number of rotatable bonds is 2. The molecular formula is C16H14N2O3. The first-order chi connectivity index (χ1) is 10.1. The molecule has 1 heterocycles. The van der Waals surface area contributed by atoms with Gasteiger partial charge in [0.1, 0.15) is 6.61 Å². The van der Waals surface area contributed by atoms with Gasteiger partial charge in [0.2, 0.25) is 5.56 Å². The third-order valence-electron chi connectivity index (χ3n) is 2.83. The van der Waals surface area contributed by atoms with Gasteiger partial charge >= 0.3 is 0 Å². The van der Waals surface area contributed by atoms with E-state index in [-0.39, 0.29) is 23.6 Å². The number of carbonyl (C=O) groups is 1. The van der Waals surface area contributed by atoms with Crippen LogP contribution in [0.25, 0.3) is 0 Å². The Morgan fingerprint density at radius 2 is 2.14 bits per heavy atom. The number of benzene rings is 1. The standard InChI is InChI=1S/C16H14N2O3/c1-11-4-5-14(9-12(11)3-2-8-19)18-16(21)13-6-7-17-15(20)10-13/h4-7,9-10,19H,8H2,1H3,(H,17,20)(H,18,21). The fraction of sp³-hybridized carbons (Fsp3) is 0.125. The van der Waals surface area contributed by atoms with Crippen molar-refractivity contribution in [3.05, 3.63) is 63.6 Å². The average Bonchev–Trinajstić information content (AvgIpc) is 2.47. The normalized spacial score (nSPS) is 9.62. The molecule has 0 saturated carbocycles. The van der Waals surface area contributed by atoms with E-state index in [2.05, 4.69) is 22.1 Å². The summed E-state index contributed by atoms with van der Waals surface area (Å²) < 4.78 is 0. The summed E-state index contributed by atoms with van der Waals surface area (Å²) in [5.41, 5.74) is 2.20. The molecule has 0 aliphatic carbocycles. The molecule has 0 fully saturated rings. The summed E-state index contributed by atoms with van der Waals surface area (Å²) in [5.74, 6) is 5.02. The van der Waals surface area contributed by atoms with Crippen LogP contribution in [0.3, 0.4) is 0 Å². The molecule has 0 unspecified atom stereocenters. The van der Waals surface area contributed by atoms with Gasteiger partial charge in [0.05, 0.1) is 0 Å². The lowest BCUT2D eigenvalue weighted by molar-refractivity contribution is 0.102. The van der Waals surface area contributed by atoms with Crippen LogP contribution in [0.2, 0.25) is 0 Å². The fourth-order valence-corrected chi connectivity index (χ4v) is 1.76. The zero-order valence-electron chi connectivity index (χ0n) is 11.4. The van der Waals surface area contributed by atoms with Crippen molar-refractivity contribution in [3.63, 3.8) is 0 Å². The summed E-state index contributed by atoms with van der Waals surface area (Å²) in [6.07, 6.45) is 1.42. The Kier molecular flexibility index (Phi) is 4.54. The number of carbonyl (C=O) groups excluding carboxylic acids is 1. The van der Waals surface area contributed by atoms with Crippen molar-refractivity contribution in [2.24, 2.45) is 0 Å². The number of aromatic nitrogens is 1. The van der Waals surface area contributed by atoms with Gasteiger partial charge in [-0.3, -0.25) is 9.59 Å². The van der Waals surface area contributed by atoms with Gasteiger partial charge < -0.3 is 15.4 Å². The number of pyridine rings is 1. The van der Waals surface area contributed by atoms with Crippen molar-refractivity contribution in [1.82, 2.24) is 4.98 Å². The van der Waals surface area contributed by atoms with Crippen LogP contribution in [0, 0.1) is 18.8 Å². The highest BCUT2D eigenvalue weighted by Crippen LogP contribution is 2.15. The zero-order valence-corrected chi connectivity index (χ0v) is 11.4. The van der Waals surface area contributed by atoms with Crippen molar-refractivity contribution < 1.29 is 9.90 Å². The van der Waals surface area contributed by atoms with Crippen LogP contribution in [0.15, 0.2) is 41.3 Å². The lowest BCUT2D eigenvalue weighted by atomic mass is 10.1. The number of aryl methyl sites for hydroxylation is 1. The molecule has 2 aromatic rings. The van der Waals surface area contributed by atoms with E-state index in [4.69, 9.17) is 5.11 Å². The monoisotopic (exact) mass is 282 g/mol. The molecule has 1 aromatic heterocycles. The van der Waals surface area contributed by atoms with E-state index >= 15 is 0 Å². The Bertz CT molecular complexity index is 782. The molecule has 3 N–H and O–H groups in total. The number of aromatic amines is 1. The Balaban J connectivity index is 2.23. The first-order valence-electron chi connectivity index (χ1n) is 6.30. The van der Waals surface area contributed by atoms with E-state index in [9.17, 15) is 9.59 Å². The van der Waals surface area contributed by atoms with Crippen LogP contribution in [0.1, 0.15) is 21.5 Å². The third kappa shape index (κ3) is 3.81. The molecule has 0 aliphatic heterocycles. The zero-order chi connectivity index (χ0) is 15.2. The molecule has 2 rings (SSSR count). The Hall–Kier alpha value is -2.84. The lowest BCUT2D eigenvalue weighted by Gasteiger charge is -2.07. The maximum Gasteiger partial charge on any atom is 0.255 e. The summed E-state index contributed by atoms with van der Waals surface area (Å²) in [5, 5.41) is 11.4. The van der Waals surface area contributed by atoms with E-state index in [0.29, 0.717) is 5.69 Å². The number of hydrogen-bond acceptors (Lipinski definition) is 3. The van der Waals surface area contributed by atoms with E-state index in [1.807, 2.05) is 13.0 Å². The van der Waals surface area contributed by atoms with Crippen molar-refractivity contribution in [3.8, 4) is 11.8 Å². The Labute approximate surface area is 121 Å². The molecule has 0 aliphatic rings. The second kappa shape index (κ2) is 6.55. The van der Waals surface area contributed by atoms with Crippen molar-refractivity contribution in [2.75, 3.05) is 11.9 Å². The summed E-state index contributed by atoms with van der Waals surface area (Å²) in [7, 11) is 0. The predicted molar refractivity (Wildman–Crippen MR) is 80.2 cm³/mol. The molecule has 0 spiro atoms. The number of aliphatic hydroxyl groups excluding tert-OH is 1. The summed E-state index contributed by atoms with van der Waals surface area (Å²) in [6, 6.07) is 8.07. The van der Waals surface area contributed by atoms with Gasteiger partial charge in [-0.25, -0.2) is 0 Å². The van der Waals surface area contributed by atoms with Gasteiger partial charge in [0, 0.05) is 29.1 Å². The third-order valence-corrected chi connectivity index (χ3v) is 2.83. The number of nitrogens with one attached hydrogen (secondary N) is 2. The maximum absolute atomic E-state index is 12.0. The molecule has 21 heavy (non-hydrogen) atoms. The molecule has 0 radical (unpaired) electrons. The second-order valence-corrected chi connectivity index (χ2v) is 4.39. The highest BCUT2D eigenvalue weighted by atomic mass is 16.2. The molecule has 5 heteroatoms. The minimum atomic E-state index is -0.369. The molecule has 0 saturated heterocycles. The summed E-state index contributed by atoms with van der Waals surface area (Å²) >= 11 is 0. The van der Waals surface area contributed by atoms with Gasteiger partial charge in [-0.1, -0.05) is 17.9 Å². The van der Waals surface area contributed by atoms with Crippen LogP contribution in [-0.4, -0.2) is 22.6 Å². The van der Waals surface area contributed by atoms with E-state index in [1.165, 1.54) is 18.3 Å². The molecule has 1 aromatic carbocycles. The van der Waals surface area contributed by atoms with Gasteiger partial charge in [0.15, 0.2) is 0 Å². The van der Waals surface area contributed by atoms with Gasteiger partial charge in [-0.05, 0) is 30.7 Å². The number of H-pyrrole nitrogens is 1. The number of aliphatic hydroxyl groups is 1. The Morgan fingerprint density at radius 3 is 2.86 bits per heavy atom. The van der Waals surface area contributed by atoms with Crippen LogP contribution in [0.5, 0.6) is 0 Å². The quantitative estimate of drug-likeness (QED) is 0.726. The topological polar surface area (TPSA) is 82.2 Å². The maximum atomic E-state index is 12.0. The first-order valence-corrected chi connectivity index (χ1v) is 6.30.